The van der Waals surface area contributed by atoms with Crippen molar-refractivity contribution < 1.29 is 38.5 Å². The molecule has 0 aliphatic carbocycles. The molecule has 0 bridgehead atoms. The van der Waals surface area contributed by atoms with Gasteiger partial charge in [-0.1, -0.05) is 128 Å². The Balaban J connectivity index is 0.00000132. The maximum atomic E-state index is 9.75. The van der Waals surface area contributed by atoms with E-state index in [0.717, 1.165) is 0 Å². The van der Waals surface area contributed by atoms with E-state index < -0.39 is 7.25 Å². The summed E-state index contributed by atoms with van der Waals surface area (Å²) < 4.78 is 42.1. The van der Waals surface area contributed by atoms with Crippen LogP contribution in [0, 0.1) is 7.14 Å². The van der Waals surface area contributed by atoms with Gasteiger partial charge in [0.15, 0.2) is 7.14 Å². The summed E-state index contributed by atoms with van der Waals surface area (Å²) in [4.78, 5) is 0. The van der Waals surface area contributed by atoms with Crippen LogP contribution in [0.15, 0.2) is 48.5 Å². The van der Waals surface area contributed by atoms with E-state index in [1.165, 1.54) is 127 Å². The van der Waals surface area contributed by atoms with E-state index in [1.54, 1.807) is 7.14 Å². The molecule has 2 rings (SSSR count). The molecule has 0 amide bonds. The van der Waals surface area contributed by atoms with Crippen molar-refractivity contribution in [3.05, 3.63) is 66.8 Å². The fourth-order valence-electron chi connectivity index (χ4n) is 4.48. The molecular weight excluding hydrogens is 598 g/mol. The van der Waals surface area contributed by atoms with Gasteiger partial charge in [-0.3, -0.25) is 0 Å². The number of rotatable bonds is 20. The SMILES string of the molecule is CCCCCCCCCCc1ccc([I+]c2ccc(CCCCCCCCCC)cc2)cc1.F[B-](F)(F)F. The van der Waals surface area contributed by atoms with E-state index in [9.17, 15) is 17.3 Å². The molecule has 0 radical (unpaired) electrons. The molecule has 0 aliphatic heterocycles. The number of aryl methyl sites for hydroxylation is 2. The van der Waals surface area contributed by atoms with Crippen molar-refractivity contribution in [2.45, 2.75) is 129 Å². The minimum absolute atomic E-state index is 0.0519. The van der Waals surface area contributed by atoms with E-state index in [4.69, 9.17) is 0 Å². The monoisotopic (exact) mass is 648 g/mol. The van der Waals surface area contributed by atoms with Crippen LogP contribution in [0.3, 0.4) is 0 Å². The van der Waals surface area contributed by atoms with E-state index >= 15 is 0 Å². The van der Waals surface area contributed by atoms with Gasteiger partial charge in [-0.25, -0.2) is 0 Å². The zero-order valence-electron chi connectivity index (χ0n) is 23.8. The molecule has 0 nitrogen and oxygen atoms in total. The molecule has 0 unspecified atom stereocenters. The third-order valence-corrected chi connectivity index (χ3v) is 9.37. The van der Waals surface area contributed by atoms with E-state index in [0.29, 0.717) is 0 Å². The fraction of sp³-hybridized carbons (Fsp3) is 0.625. The predicted molar refractivity (Wildman–Crippen MR) is 153 cm³/mol. The maximum absolute atomic E-state index is 9.75. The molecule has 0 aliphatic rings. The van der Waals surface area contributed by atoms with Crippen molar-refractivity contribution in [1.29, 1.82) is 0 Å². The highest BCUT2D eigenvalue weighted by Crippen LogP contribution is 2.12. The third-order valence-electron chi connectivity index (χ3n) is 6.68. The summed E-state index contributed by atoms with van der Waals surface area (Å²) in [7, 11) is -6.00. The van der Waals surface area contributed by atoms with Gasteiger partial charge in [0.05, 0.1) is 0 Å². The van der Waals surface area contributed by atoms with Crippen LogP contribution in [-0.2, 0) is 12.8 Å². The van der Waals surface area contributed by atoms with Gasteiger partial charge < -0.3 is 17.3 Å². The largest absolute Gasteiger partial charge is 0.673 e. The fourth-order valence-corrected chi connectivity index (χ4v) is 6.64. The second-order valence-corrected chi connectivity index (χ2v) is 13.3. The lowest BCUT2D eigenvalue weighted by Crippen LogP contribution is -3.61. The summed E-state index contributed by atoms with van der Waals surface area (Å²) in [5, 5.41) is 0. The van der Waals surface area contributed by atoms with Gasteiger partial charge in [0, 0.05) is 0 Å². The summed E-state index contributed by atoms with van der Waals surface area (Å²) in [6, 6.07) is 19.1. The molecule has 38 heavy (non-hydrogen) atoms. The Morgan fingerprint density at radius 3 is 1.00 bits per heavy atom. The highest BCUT2D eigenvalue weighted by Gasteiger charge is 2.20. The molecule has 2 aromatic carbocycles. The lowest BCUT2D eigenvalue weighted by Gasteiger charge is -2.03. The minimum atomic E-state index is -6.00. The number of hydrogen-bond donors (Lipinski definition) is 0. The normalized spacial score (nSPS) is 11.3. The van der Waals surface area contributed by atoms with Gasteiger partial charge in [0.2, 0.25) is 0 Å². The van der Waals surface area contributed by atoms with Crippen LogP contribution in [0.25, 0.3) is 0 Å². The second-order valence-electron chi connectivity index (χ2n) is 10.3. The summed E-state index contributed by atoms with van der Waals surface area (Å²) in [6.07, 6.45) is 25.0. The zero-order chi connectivity index (χ0) is 27.9. The average molecular weight is 648 g/mol. The molecule has 216 valence electrons. The van der Waals surface area contributed by atoms with E-state index in [2.05, 4.69) is 62.4 Å². The van der Waals surface area contributed by atoms with Crippen LogP contribution >= 0.6 is 0 Å². The van der Waals surface area contributed by atoms with E-state index in [-0.39, 0.29) is 21.2 Å². The van der Waals surface area contributed by atoms with Crippen LogP contribution in [0.5, 0.6) is 0 Å². The van der Waals surface area contributed by atoms with Gasteiger partial charge in [-0.15, -0.1) is 0 Å². The summed E-state index contributed by atoms with van der Waals surface area (Å²) in [6.45, 7) is 4.59. The lowest BCUT2D eigenvalue weighted by atomic mass is 10.0. The molecule has 6 heteroatoms. The van der Waals surface area contributed by atoms with Crippen LogP contribution in [0.4, 0.5) is 17.3 Å². The van der Waals surface area contributed by atoms with Crippen LogP contribution < -0.4 is 21.2 Å². The first kappa shape index (κ1) is 35.0. The smallest absolute Gasteiger partial charge is 0.418 e. The molecular formula is C32H50BF4I. The van der Waals surface area contributed by atoms with Gasteiger partial charge in [-0.05, 0) is 61.1 Å². The molecule has 2 aromatic rings. The van der Waals surface area contributed by atoms with Crippen molar-refractivity contribution >= 4 is 7.25 Å². The Morgan fingerprint density at radius 2 is 0.711 bits per heavy atom. The van der Waals surface area contributed by atoms with Crippen LogP contribution in [-0.4, -0.2) is 7.25 Å². The molecule has 0 fully saturated rings. The number of benzene rings is 2. The Kier molecular flexibility index (Phi) is 20.9. The van der Waals surface area contributed by atoms with Gasteiger partial charge in [-0.2, -0.15) is 0 Å². The predicted octanol–water partition coefficient (Wildman–Crippen LogP) is 8.48. The van der Waals surface area contributed by atoms with Gasteiger partial charge in [0.1, 0.15) is 0 Å². The molecule has 0 saturated heterocycles. The Bertz CT molecular complexity index is 723. The van der Waals surface area contributed by atoms with Crippen molar-refractivity contribution in [2.24, 2.45) is 0 Å². The van der Waals surface area contributed by atoms with Gasteiger partial charge in [0.25, 0.3) is 0 Å². The highest BCUT2D eigenvalue weighted by molar-refractivity contribution is 6.50. The van der Waals surface area contributed by atoms with E-state index in [1.807, 2.05) is 0 Å². The zero-order valence-corrected chi connectivity index (χ0v) is 26.0. The molecule has 0 aromatic heterocycles. The Morgan fingerprint density at radius 1 is 0.447 bits per heavy atom. The molecule has 0 heterocycles. The quantitative estimate of drug-likeness (QED) is 0.0585. The first-order valence-corrected chi connectivity index (χ1v) is 17.2. The van der Waals surface area contributed by atoms with Crippen molar-refractivity contribution in [3.63, 3.8) is 0 Å². The topological polar surface area (TPSA) is 0 Å². The highest BCUT2D eigenvalue weighted by atomic mass is 127. The Labute approximate surface area is 241 Å². The summed E-state index contributed by atoms with van der Waals surface area (Å²) in [5.41, 5.74) is 3.05. The van der Waals surface area contributed by atoms with Crippen molar-refractivity contribution in [1.82, 2.24) is 0 Å². The average Bonchev–Trinajstić information content (AvgIpc) is 2.88. The van der Waals surface area contributed by atoms with Crippen LogP contribution in [0.1, 0.15) is 128 Å². The van der Waals surface area contributed by atoms with Gasteiger partial charge >= 0.3 is 28.5 Å². The molecule has 0 atom stereocenters. The number of unbranched alkanes of at least 4 members (excludes halogenated alkanes) is 14. The van der Waals surface area contributed by atoms with Crippen molar-refractivity contribution in [3.8, 4) is 0 Å². The molecule has 0 spiro atoms. The lowest BCUT2D eigenvalue weighted by molar-refractivity contribution is -0.597. The first-order chi connectivity index (χ1) is 18.3. The van der Waals surface area contributed by atoms with Crippen LogP contribution in [0.2, 0.25) is 0 Å². The maximum Gasteiger partial charge on any atom is 0.673 e. The minimum Gasteiger partial charge on any atom is -0.418 e. The van der Waals surface area contributed by atoms with Crippen molar-refractivity contribution in [2.75, 3.05) is 0 Å². The third kappa shape index (κ3) is 21.8. The number of hydrogen-bond acceptors (Lipinski definition) is 0. The summed E-state index contributed by atoms with van der Waals surface area (Å²) in [5.74, 6) is 0. The Hall–Kier alpha value is -1.05. The molecule has 0 N–H and O–H groups in total. The summed E-state index contributed by atoms with van der Waals surface area (Å²) >= 11 is -0.0519. The molecule has 0 saturated carbocycles. The second kappa shape index (κ2) is 22.7. The number of halogens is 5. The first-order valence-electron chi connectivity index (χ1n) is 15.0. The standard InChI is InChI=1S/C32H50I.BF4/c1-3-5-7-9-11-13-15-17-19-29-21-25-31(26-22-29)33-32-27-23-30(24-28-32)20-18-16-14-12-10-8-6-4-2;2-1(3,4)5/h21-28H,3-20H2,1-2H3;/q+1;-1.